The Hall–Kier alpha value is -3.44. The van der Waals surface area contributed by atoms with Gasteiger partial charge in [0.15, 0.2) is 17.3 Å². The maximum absolute atomic E-state index is 12.4. The second-order valence-corrected chi connectivity index (χ2v) is 6.11. The van der Waals surface area contributed by atoms with E-state index >= 15 is 0 Å². The minimum atomic E-state index is -0.790. The van der Waals surface area contributed by atoms with E-state index in [2.05, 4.69) is 0 Å². The zero-order chi connectivity index (χ0) is 20.3. The number of allylic oxidation sites excluding steroid dienone is 1. The summed E-state index contributed by atoms with van der Waals surface area (Å²) in [6.07, 6.45) is 0.838. The number of ether oxygens (including phenoxy) is 3. The summed E-state index contributed by atoms with van der Waals surface area (Å²) >= 11 is 0. The van der Waals surface area contributed by atoms with Crippen LogP contribution in [-0.4, -0.2) is 18.8 Å². The van der Waals surface area contributed by atoms with Gasteiger partial charge in [0.2, 0.25) is 17.1 Å². The first-order chi connectivity index (χ1) is 13.5. The van der Waals surface area contributed by atoms with Crippen molar-refractivity contribution < 1.29 is 23.7 Å². The first kappa shape index (κ1) is 19.3. The SMILES string of the molecule is CCCOc1ccc([C@@H]2C(C#N)=C(N)Oc3c2oc(CO)cc3=O)cc1OC. The fraction of sp³-hybridized carbons (Fsp3) is 0.300. The van der Waals surface area contributed by atoms with Crippen LogP contribution in [0.3, 0.4) is 0 Å². The lowest BCUT2D eigenvalue weighted by molar-refractivity contribution is 0.231. The number of hydrogen-bond acceptors (Lipinski definition) is 8. The smallest absolute Gasteiger partial charge is 0.228 e. The second kappa shape index (κ2) is 8.06. The Labute approximate surface area is 161 Å². The van der Waals surface area contributed by atoms with Crippen LogP contribution in [0.5, 0.6) is 17.2 Å². The molecular formula is C20H20N2O6. The van der Waals surface area contributed by atoms with Crippen LogP contribution in [0.4, 0.5) is 0 Å². The number of rotatable bonds is 6. The highest BCUT2D eigenvalue weighted by Gasteiger charge is 2.35. The Morgan fingerprint density at radius 2 is 2.11 bits per heavy atom. The average Bonchev–Trinajstić information content (AvgIpc) is 2.71. The van der Waals surface area contributed by atoms with E-state index in [1.807, 2.05) is 13.0 Å². The van der Waals surface area contributed by atoms with Crippen LogP contribution < -0.4 is 25.4 Å². The molecule has 1 aliphatic heterocycles. The number of aliphatic hydroxyl groups excluding tert-OH is 1. The van der Waals surface area contributed by atoms with Crippen molar-refractivity contribution in [2.75, 3.05) is 13.7 Å². The molecule has 0 aliphatic carbocycles. The van der Waals surface area contributed by atoms with Gasteiger partial charge in [-0.25, -0.2) is 0 Å². The van der Waals surface area contributed by atoms with Crippen molar-refractivity contribution in [2.24, 2.45) is 5.73 Å². The van der Waals surface area contributed by atoms with Crippen LogP contribution in [0.1, 0.15) is 36.3 Å². The number of nitriles is 1. The molecule has 0 amide bonds. The molecule has 28 heavy (non-hydrogen) atoms. The van der Waals surface area contributed by atoms with Gasteiger partial charge in [0, 0.05) is 6.07 Å². The minimum absolute atomic E-state index is 0.0602. The van der Waals surface area contributed by atoms with E-state index in [1.54, 1.807) is 18.2 Å². The highest BCUT2D eigenvalue weighted by Crippen LogP contribution is 2.43. The van der Waals surface area contributed by atoms with Crippen molar-refractivity contribution in [1.82, 2.24) is 0 Å². The van der Waals surface area contributed by atoms with Crippen molar-refractivity contribution in [3.63, 3.8) is 0 Å². The first-order valence-electron chi connectivity index (χ1n) is 8.70. The standard InChI is InChI=1S/C20H20N2O6/c1-3-6-26-15-5-4-11(7-16(15)25-2)17-13(9-21)20(22)28-18-14(24)8-12(10-23)27-19(17)18/h4-5,7-8,17,23H,3,6,10,22H2,1-2H3/t17-/m1/s1. The summed E-state index contributed by atoms with van der Waals surface area (Å²) in [5.74, 6) is 0.119. The lowest BCUT2D eigenvalue weighted by atomic mass is 9.87. The zero-order valence-electron chi connectivity index (χ0n) is 15.5. The van der Waals surface area contributed by atoms with Gasteiger partial charge in [-0.05, 0) is 24.1 Å². The van der Waals surface area contributed by atoms with E-state index in [4.69, 9.17) is 24.4 Å². The van der Waals surface area contributed by atoms with Gasteiger partial charge in [-0.2, -0.15) is 5.26 Å². The van der Waals surface area contributed by atoms with Gasteiger partial charge in [0.25, 0.3) is 0 Å². The Morgan fingerprint density at radius 3 is 2.75 bits per heavy atom. The molecule has 146 valence electrons. The summed E-state index contributed by atoms with van der Waals surface area (Å²) < 4.78 is 22.1. The molecule has 8 heteroatoms. The van der Waals surface area contributed by atoms with E-state index in [-0.39, 0.29) is 28.7 Å². The lowest BCUT2D eigenvalue weighted by Gasteiger charge is -2.25. The minimum Gasteiger partial charge on any atom is -0.493 e. The Bertz CT molecular complexity index is 1020. The fourth-order valence-electron chi connectivity index (χ4n) is 2.99. The molecule has 1 aromatic heterocycles. The zero-order valence-corrected chi connectivity index (χ0v) is 15.5. The Balaban J connectivity index is 2.19. The molecule has 0 radical (unpaired) electrons. The molecule has 3 rings (SSSR count). The van der Waals surface area contributed by atoms with Gasteiger partial charge < -0.3 is 29.5 Å². The topological polar surface area (TPSA) is 128 Å². The highest BCUT2D eigenvalue weighted by atomic mass is 16.5. The normalized spacial score (nSPS) is 15.4. The predicted octanol–water partition coefficient (Wildman–Crippen LogP) is 2.15. The Kier molecular flexibility index (Phi) is 5.57. The van der Waals surface area contributed by atoms with Crippen LogP contribution >= 0.6 is 0 Å². The molecule has 0 bridgehead atoms. The number of methoxy groups -OCH3 is 1. The van der Waals surface area contributed by atoms with Crippen LogP contribution in [0, 0.1) is 11.3 Å². The third kappa shape index (κ3) is 3.40. The third-order valence-electron chi connectivity index (χ3n) is 4.27. The number of benzene rings is 1. The highest BCUT2D eigenvalue weighted by molar-refractivity contribution is 5.55. The molecule has 8 nitrogen and oxygen atoms in total. The maximum atomic E-state index is 12.4. The van der Waals surface area contributed by atoms with Gasteiger partial charge >= 0.3 is 0 Å². The predicted molar refractivity (Wildman–Crippen MR) is 99.0 cm³/mol. The van der Waals surface area contributed by atoms with E-state index in [1.165, 1.54) is 7.11 Å². The fourth-order valence-corrected chi connectivity index (χ4v) is 2.99. The Morgan fingerprint density at radius 1 is 1.32 bits per heavy atom. The number of nitrogens with two attached hydrogens (primary N) is 1. The molecular weight excluding hydrogens is 364 g/mol. The van der Waals surface area contributed by atoms with E-state index in [9.17, 15) is 15.2 Å². The van der Waals surface area contributed by atoms with E-state index in [0.29, 0.717) is 23.7 Å². The van der Waals surface area contributed by atoms with Crippen LogP contribution in [0.15, 0.2) is 44.9 Å². The van der Waals surface area contributed by atoms with Crippen molar-refractivity contribution in [2.45, 2.75) is 25.9 Å². The summed E-state index contributed by atoms with van der Waals surface area (Å²) in [6.45, 7) is 2.05. The van der Waals surface area contributed by atoms with E-state index in [0.717, 1.165) is 12.5 Å². The van der Waals surface area contributed by atoms with Crippen molar-refractivity contribution >= 4 is 0 Å². The molecule has 0 fully saturated rings. The summed E-state index contributed by atoms with van der Waals surface area (Å²) in [6, 6.07) is 8.30. The third-order valence-corrected chi connectivity index (χ3v) is 4.27. The number of nitrogens with zero attached hydrogens (tertiary/aromatic N) is 1. The summed E-state index contributed by atoms with van der Waals surface area (Å²) in [4.78, 5) is 12.4. The molecule has 0 saturated heterocycles. The molecule has 1 atom stereocenters. The largest absolute Gasteiger partial charge is 0.493 e. The van der Waals surface area contributed by atoms with Gasteiger partial charge in [0.05, 0.1) is 19.6 Å². The van der Waals surface area contributed by atoms with Crippen LogP contribution in [0.25, 0.3) is 0 Å². The summed E-state index contributed by atoms with van der Waals surface area (Å²) in [5, 5.41) is 19.0. The van der Waals surface area contributed by atoms with Crippen LogP contribution in [0.2, 0.25) is 0 Å². The van der Waals surface area contributed by atoms with Crippen molar-refractivity contribution in [3.05, 3.63) is 63.0 Å². The molecule has 2 heterocycles. The van der Waals surface area contributed by atoms with Gasteiger partial charge in [-0.15, -0.1) is 0 Å². The number of fused-ring (bicyclic) bond motifs is 1. The summed E-state index contributed by atoms with van der Waals surface area (Å²) in [7, 11) is 1.51. The molecule has 2 aromatic rings. The lowest BCUT2D eigenvalue weighted by Crippen LogP contribution is -2.25. The van der Waals surface area contributed by atoms with Gasteiger partial charge in [0.1, 0.15) is 24.0 Å². The molecule has 0 saturated carbocycles. The van der Waals surface area contributed by atoms with Gasteiger partial charge in [-0.3, -0.25) is 4.79 Å². The molecule has 0 unspecified atom stereocenters. The van der Waals surface area contributed by atoms with Crippen molar-refractivity contribution in [1.29, 1.82) is 5.26 Å². The van der Waals surface area contributed by atoms with Gasteiger partial charge in [-0.1, -0.05) is 13.0 Å². The molecule has 3 N–H and O–H groups in total. The first-order valence-corrected chi connectivity index (χ1v) is 8.70. The average molecular weight is 384 g/mol. The number of hydrogen-bond donors (Lipinski definition) is 2. The van der Waals surface area contributed by atoms with Crippen molar-refractivity contribution in [3.8, 4) is 23.3 Å². The quantitative estimate of drug-likeness (QED) is 0.775. The van der Waals surface area contributed by atoms with Crippen LogP contribution in [-0.2, 0) is 6.61 Å². The maximum Gasteiger partial charge on any atom is 0.228 e. The summed E-state index contributed by atoms with van der Waals surface area (Å²) in [5.41, 5.74) is 6.08. The molecule has 0 spiro atoms. The second-order valence-electron chi connectivity index (χ2n) is 6.11. The molecule has 1 aliphatic rings. The number of aliphatic hydroxyl groups is 1. The monoisotopic (exact) mass is 384 g/mol. The molecule has 1 aromatic carbocycles. The van der Waals surface area contributed by atoms with E-state index < -0.39 is 18.0 Å².